The molecule has 0 aliphatic carbocycles. The minimum absolute atomic E-state index is 0.677. The summed E-state index contributed by atoms with van der Waals surface area (Å²) in [7, 11) is 0. The molecule has 3 aromatic rings. The van der Waals surface area contributed by atoms with E-state index in [1.807, 2.05) is 30.5 Å². The number of hydrazone groups is 1. The van der Waals surface area contributed by atoms with Crippen molar-refractivity contribution in [3.05, 3.63) is 70.4 Å². The summed E-state index contributed by atoms with van der Waals surface area (Å²) in [6.07, 6.45) is 3.57. The lowest BCUT2D eigenvalue weighted by Crippen LogP contribution is -1.94. The third-order valence-electron chi connectivity index (χ3n) is 3.52. The van der Waals surface area contributed by atoms with Crippen LogP contribution in [0.25, 0.3) is 10.9 Å². The Bertz CT molecular complexity index is 856. The Kier molecular flexibility index (Phi) is 4.07. The molecule has 110 valence electrons. The van der Waals surface area contributed by atoms with Gasteiger partial charge in [0.15, 0.2) is 0 Å². The van der Waals surface area contributed by atoms with Crippen molar-refractivity contribution in [1.29, 1.82) is 0 Å². The highest BCUT2D eigenvalue weighted by Gasteiger charge is 2.01. The average molecular weight is 310 g/mol. The van der Waals surface area contributed by atoms with Crippen LogP contribution in [0.5, 0.6) is 0 Å². The maximum atomic E-state index is 6.00. The SMILES string of the molecule is Cc1ccc(C=NNc2ccnc3cc(Cl)ccc23)c(C)c1. The van der Waals surface area contributed by atoms with Gasteiger partial charge in [-0.3, -0.25) is 10.4 Å². The van der Waals surface area contributed by atoms with Crippen LogP contribution in [0.1, 0.15) is 16.7 Å². The lowest BCUT2D eigenvalue weighted by atomic mass is 10.1. The van der Waals surface area contributed by atoms with Gasteiger partial charge in [0, 0.05) is 16.6 Å². The van der Waals surface area contributed by atoms with Crippen LogP contribution in [0.3, 0.4) is 0 Å². The molecular weight excluding hydrogens is 294 g/mol. The third kappa shape index (κ3) is 3.10. The largest absolute Gasteiger partial charge is 0.278 e. The first-order valence-corrected chi connectivity index (χ1v) is 7.42. The van der Waals surface area contributed by atoms with Gasteiger partial charge in [0.2, 0.25) is 0 Å². The zero-order valence-electron chi connectivity index (χ0n) is 12.5. The zero-order chi connectivity index (χ0) is 15.5. The monoisotopic (exact) mass is 309 g/mol. The van der Waals surface area contributed by atoms with Crippen LogP contribution in [-0.2, 0) is 0 Å². The van der Waals surface area contributed by atoms with Crippen LogP contribution in [0, 0.1) is 13.8 Å². The second kappa shape index (κ2) is 6.16. The van der Waals surface area contributed by atoms with Gasteiger partial charge in [0.25, 0.3) is 0 Å². The average Bonchev–Trinajstić information content (AvgIpc) is 2.49. The highest BCUT2D eigenvalue weighted by atomic mass is 35.5. The van der Waals surface area contributed by atoms with Gasteiger partial charge in [-0.15, -0.1) is 0 Å². The summed E-state index contributed by atoms with van der Waals surface area (Å²) in [4.78, 5) is 4.32. The second-order valence-corrected chi connectivity index (χ2v) is 5.69. The van der Waals surface area contributed by atoms with Crippen LogP contribution in [0.4, 0.5) is 5.69 Å². The van der Waals surface area contributed by atoms with Gasteiger partial charge in [-0.2, -0.15) is 5.10 Å². The number of nitrogens with zero attached hydrogens (tertiary/aromatic N) is 2. The van der Waals surface area contributed by atoms with E-state index in [-0.39, 0.29) is 0 Å². The predicted octanol–water partition coefficient (Wildman–Crippen LogP) is 4.95. The van der Waals surface area contributed by atoms with Crippen molar-refractivity contribution >= 4 is 34.4 Å². The van der Waals surface area contributed by atoms with Gasteiger partial charge >= 0.3 is 0 Å². The zero-order valence-corrected chi connectivity index (χ0v) is 13.2. The van der Waals surface area contributed by atoms with Crippen molar-refractivity contribution in [2.24, 2.45) is 5.10 Å². The second-order valence-electron chi connectivity index (χ2n) is 5.25. The summed E-state index contributed by atoms with van der Waals surface area (Å²) in [5, 5.41) is 6.01. The summed E-state index contributed by atoms with van der Waals surface area (Å²) < 4.78 is 0. The number of hydrogen-bond donors (Lipinski definition) is 1. The molecule has 3 nitrogen and oxygen atoms in total. The molecule has 0 atom stereocenters. The maximum Gasteiger partial charge on any atom is 0.0738 e. The number of benzene rings is 2. The number of halogens is 1. The molecule has 0 bridgehead atoms. The normalized spacial score (nSPS) is 11.2. The van der Waals surface area contributed by atoms with Gasteiger partial charge in [0.1, 0.15) is 0 Å². The topological polar surface area (TPSA) is 37.3 Å². The molecule has 0 saturated carbocycles. The Morgan fingerprint density at radius 2 is 1.95 bits per heavy atom. The highest BCUT2D eigenvalue weighted by Crippen LogP contribution is 2.24. The van der Waals surface area contributed by atoms with Gasteiger partial charge in [-0.05, 0) is 49.2 Å². The molecule has 0 spiro atoms. The fourth-order valence-corrected chi connectivity index (χ4v) is 2.53. The molecule has 0 saturated heterocycles. The van der Waals surface area contributed by atoms with Gasteiger partial charge < -0.3 is 0 Å². The van der Waals surface area contributed by atoms with Crippen LogP contribution in [0.2, 0.25) is 5.02 Å². The number of rotatable bonds is 3. The molecule has 3 rings (SSSR count). The molecule has 0 radical (unpaired) electrons. The summed E-state index contributed by atoms with van der Waals surface area (Å²) in [6, 6.07) is 13.8. The van der Waals surface area contributed by atoms with Gasteiger partial charge in [-0.1, -0.05) is 35.4 Å². The number of aromatic nitrogens is 1. The highest BCUT2D eigenvalue weighted by molar-refractivity contribution is 6.31. The maximum absolute atomic E-state index is 6.00. The Morgan fingerprint density at radius 1 is 1.09 bits per heavy atom. The molecule has 1 heterocycles. The molecule has 2 aromatic carbocycles. The van der Waals surface area contributed by atoms with E-state index < -0.39 is 0 Å². The first-order valence-electron chi connectivity index (χ1n) is 7.04. The van der Waals surface area contributed by atoms with Crippen molar-refractivity contribution in [2.45, 2.75) is 13.8 Å². The number of fused-ring (bicyclic) bond motifs is 1. The van der Waals surface area contributed by atoms with Crippen molar-refractivity contribution in [1.82, 2.24) is 4.98 Å². The number of nitrogens with one attached hydrogen (secondary N) is 1. The number of anilines is 1. The molecule has 0 fully saturated rings. The third-order valence-corrected chi connectivity index (χ3v) is 3.75. The molecule has 1 aromatic heterocycles. The fourth-order valence-electron chi connectivity index (χ4n) is 2.36. The van der Waals surface area contributed by atoms with Crippen molar-refractivity contribution < 1.29 is 0 Å². The van der Waals surface area contributed by atoms with E-state index in [4.69, 9.17) is 11.6 Å². The van der Waals surface area contributed by atoms with E-state index in [2.05, 4.69) is 47.6 Å². The Hall–Kier alpha value is -2.39. The summed E-state index contributed by atoms with van der Waals surface area (Å²) in [6.45, 7) is 4.17. The molecule has 0 aliphatic heterocycles. The number of aryl methyl sites for hydroxylation is 2. The van der Waals surface area contributed by atoms with E-state index in [9.17, 15) is 0 Å². The lowest BCUT2D eigenvalue weighted by Gasteiger charge is -2.06. The number of pyridine rings is 1. The summed E-state index contributed by atoms with van der Waals surface area (Å²) in [5.74, 6) is 0. The van der Waals surface area contributed by atoms with Crippen LogP contribution >= 0.6 is 11.6 Å². The Balaban J connectivity index is 1.86. The van der Waals surface area contributed by atoms with E-state index in [1.54, 1.807) is 6.20 Å². The first kappa shape index (κ1) is 14.5. The lowest BCUT2D eigenvalue weighted by molar-refractivity contribution is 1.32. The van der Waals surface area contributed by atoms with E-state index >= 15 is 0 Å². The van der Waals surface area contributed by atoms with E-state index in [0.717, 1.165) is 22.2 Å². The standard InChI is InChI=1S/C18H16ClN3/c1-12-3-4-14(13(2)9-12)11-21-22-17-7-8-20-18-10-15(19)5-6-16(17)18/h3-11H,1-2H3,(H,20,22). The molecule has 4 heteroatoms. The van der Waals surface area contributed by atoms with Crippen molar-refractivity contribution in [3.63, 3.8) is 0 Å². The van der Waals surface area contributed by atoms with E-state index in [1.165, 1.54) is 11.1 Å². The molecule has 22 heavy (non-hydrogen) atoms. The minimum Gasteiger partial charge on any atom is -0.278 e. The first-order chi connectivity index (χ1) is 10.6. The fraction of sp³-hybridized carbons (Fsp3) is 0.111. The Labute approximate surface area is 134 Å². The summed E-state index contributed by atoms with van der Waals surface area (Å²) >= 11 is 6.00. The van der Waals surface area contributed by atoms with Crippen molar-refractivity contribution in [2.75, 3.05) is 5.43 Å². The predicted molar refractivity (Wildman–Crippen MR) is 93.9 cm³/mol. The molecule has 0 amide bonds. The molecular formula is C18H16ClN3. The number of hydrogen-bond acceptors (Lipinski definition) is 3. The molecule has 1 N–H and O–H groups in total. The van der Waals surface area contributed by atoms with Crippen LogP contribution in [0.15, 0.2) is 53.8 Å². The summed E-state index contributed by atoms with van der Waals surface area (Å²) in [5.41, 5.74) is 8.39. The quantitative estimate of drug-likeness (QED) is 0.549. The van der Waals surface area contributed by atoms with Crippen LogP contribution in [-0.4, -0.2) is 11.2 Å². The van der Waals surface area contributed by atoms with Gasteiger partial charge in [0.05, 0.1) is 17.4 Å². The Morgan fingerprint density at radius 3 is 2.77 bits per heavy atom. The smallest absolute Gasteiger partial charge is 0.0738 e. The van der Waals surface area contributed by atoms with Crippen molar-refractivity contribution in [3.8, 4) is 0 Å². The molecule has 0 aliphatic rings. The van der Waals surface area contributed by atoms with Crippen LogP contribution < -0.4 is 5.43 Å². The van der Waals surface area contributed by atoms with E-state index in [0.29, 0.717) is 5.02 Å². The van der Waals surface area contributed by atoms with Gasteiger partial charge in [-0.25, -0.2) is 0 Å². The molecule has 0 unspecified atom stereocenters. The minimum atomic E-state index is 0.677.